The number of fused-ring (bicyclic) bond motifs is 1. The molecule has 2 aromatic heterocycles. The number of hydrogen-bond donors (Lipinski definition) is 2. The zero-order chi connectivity index (χ0) is 13.2. The molecule has 0 fully saturated rings. The summed E-state index contributed by atoms with van der Waals surface area (Å²) >= 11 is 1.70. The van der Waals surface area contributed by atoms with Gasteiger partial charge in [-0.15, -0.1) is 11.3 Å². The van der Waals surface area contributed by atoms with Crippen molar-refractivity contribution in [1.82, 2.24) is 4.98 Å². The lowest BCUT2D eigenvalue weighted by molar-refractivity contribution is 1.29. The van der Waals surface area contributed by atoms with Gasteiger partial charge in [0.05, 0.1) is 17.4 Å². The summed E-state index contributed by atoms with van der Waals surface area (Å²) in [5.41, 5.74) is 7.44. The lowest BCUT2D eigenvalue weighted by Gasteiger charge is -2.07. The van der Waals surface area contributed by atoms with E-state index in [2.05, 4.69) is 27.8 Å². The number of hydrogen-bond acceptors (Lipinski definition) is 5. The van der Waals surface area contributed by atoms with Crippen molar-refractivity contribution < 1.29 is 0 Å². The predicted molar refractivity (Wildman–Crippen MR) is 78.5 cm³/mol. The molecule has 3 aromatic rings. The maximum Gasteiger partial charge on any atom is 0.148 e. The molecule has 0 atom stereocenters. The van der Waals surface area contributed by atoms with Gasteiger partial charge in [-0.25, -0.2) is 4.98 Å². The quantitative estimate of drug-likeness (QED) is 0.744. The summed E-state index contributed by atoms with van der Waals surface area (Å²) in [4.78, 5) is 4.16. The van der Waals surface area contributed by atoms with Crippen LogP contribution in [-0.2, 0) is 0 Å². The van der Waals surface area contributed by atoms with Gasteiger partial charge in [-0.3, -0.25) is 0 Å². The van der Waals surface area contributed by atoms with Gasteiger partial charge < -0.3 is 11.1 Å². The van der Waals surface area contributed by atoms with Gasteiger partial charge in [-0.05, 0) is 41.1 Å². The normalized spacial score (nSPS) is 10.3. The molecule has 0 saturated heterocycles. The van der Waals surface area contributed by atoms with Gasteiger partial charge in [0.15, 0.2) is 0 Å². The highest BCUT2D eigenvalue weighted by atomic mass is 32.1. The first kappa shape index (κ1) is 11.5. The summed E-state index contributed by atoms with van der Waals surface area (Å²) in [6, 6.07) is 11.8. The number of pyridine rings is 1. The van der Waals surface area contributed by atoms with E-state index in [9.17, 15) is 0 Å². The van der Waals surface area contributed by atoms with E-state index in [0.29, 0.717) is 17.1 Å². The predicted octanol–water partition coefficient (Wildman–Crippen LogP) is 3.49. The van der Waals surface area contributed by atoms with E-state index in [1.54, 1.807) is 17.4 Å². The highest BCUT2D eigenvalue weighted by Crippen LogP contribution is 2.26. The molecule has 0 spiro atoms. The minimum absolute atomic E-state index is 0.436. The van der Waals surface area contributed by atoms with E-state index in [-0.39, 0.29) is 0 Å². The topological polar surface area (TPSA) is 74.7 Å². The van der Waals surface area contributed by atoms with Crippen molar-refractivity contribution >= 4 is 38.6 Å². The molecule has 0 aliphatic carbocycles. The number of nitrogens with two attached hydrogens (primary N) is 1. The van der Waals surface area contributed by atoms with Crippen molar-refractivity contribution in [2.45, 2.75) is 0 Å². The number of anilines is 3. The molecule has 0 aliphatic heterocycles. The average Bonchev–Trinajstić information content (AvgIpc) is 2.88. The van der Waals surface area contributed by atoms with Crippen molar-refractivity contribution in [3.8, 4) is 6.07 Å². The van der Waals surface area contributed by atoms with Crippen LogP contribution in [0.25, 0.3) is 10.1 Å². The molecule has 4 nitrogen and oxygen atoms in total. The molecule has 5 heteroatoms. The minimum atomic E-state index is 0.436. The number of nitrogens with zero attached hydrogens (tertiary/aromatic N) is 2. The molecule has 0 amide bonds. The lowest BCUT2D eigenvalue weighted by Crippen LogP contribution is -1.98. The summed E-state index contributed by atoms with van der Waals surface area (Å²) in [5.74, 6) is 0.520. The highest BCUT2D eigenvalue weighted by Gasteiger charge is 2.05. The Kier molecular flexibility index (Phi) is 2.78. The van der Waals surface area contributed by atoms with E-state index in [1.807, 2.05) is 18.2 Å². The van der Waals surface area contributed by atoms with Gasteiger partial charge in [0.2, 0.25) is 0 Å². The Morgan fingerprint density at radius 1 is 1.26 bits per heavy atom. The van der Waals surface area contributed by atoms with Crippen LogP contribution >= 0.6 is 11.3 Å². The summed E-state index contributed by atoms with van der Waals surface area (Å²) in [5, 5.41) is 15.4. The standard InChI is InChI=1S/C14H10N4S/c15-7-10-5-11(16)8-17-14(10)18-12-1-2-13-9(6-12)3-4-19-13/h1-6,8H,16H2,(H,17,18). The van der Waals surface area contributed by atoms with Gasteiger partial charge in [0.1, 0.15) is 11.9 Å². The molecule has 2 heterocycles. The second kappa shape index (κ2) is 4.59. The van der Waals surface area contributed by atoms with Gasteiger partial charge in [0, 0.05) is 10.4 Å². The highest BCUT2D eigenvalue weighted by molar-refractivity contribution is 7.17. The van der Waals surface area contributed by atoms with Crippen LogP contribution in [0, 0.1) is 11.3 Å². The van der Waals surface area contributed by atoms with Crippen molar-refractivity contribution in [2.24, 2.45) is 0 Å². The molecule has 0 aliphatic rings. The van der Waals surface area contributed by atoms with Crippen molar-refractivity contribution in [2.75, 3.05) is 11.1 Å². The first-order valence-electron chi connectivity index (χ1n) is 5.66. The molecular formula is C14H10N4S. The van der Waals surface area contributed by atoms with E-state index < -0.39 is 0 Å². The number of aromatic nitrogens is 1. The van der Waals surface area contributed by atoms with Crippen LogP contribution in [0.5, 0.6) is 0 Å². The van der Waals surface area contributed by atoms with Gasteiger partial charge >= 0.3 is 0 Å². The van der Waals surface area contributed by atoms with Crippen LogP contribution in [-0.4, -0.2) is 4.98 Å². The number of nitrogens with one attached hydrogen (secondary N) is 1. The molecule has 19 heavy (non-hydrogen) atoms. The van der Waals surface area contributed by atoms with E-state index in [0.717, 1.165) is 5.69 Å². The fourth-order valence-corrected chi connectivity index (χ4v) is 2.62. The Labute approximate surface area is 114 Å². The number of nitrogen functional groups attached to an aromatic ring is 1. The van der Waals surface area contributed by atoms with Crippen molar-refractivity contribution in [3.63, 3.8) is 0 Å². The van der Waals surface area contributed by atoms with Crippen LogP contribution in [0.3, 0.4) is 0 Å². The van der Waals surface area contributed by atoms with E-state index in [4.69, 9.17) is 11.0 Å². The fourth-order valence-electron chi connectivity index (χ4n) is 1.85. The molecule has 0 unspecified atom stereocenters. The summed E-state index contributed by atoms with van der Waals surface area (Å²) in [6.45, 7) is 0. The Balaban J connectivity index is 1.98. The molecular weight excluding hydrogens is 256 g/mol. The Hall–Kier alpha value is -2.58. The number of rotatable bonds is 2. The Morgan fingerprint density at radius 3 is 3.00 bits per heavy atom. The summed E-state index contributed by atoms with van der Waals surface area (Å²) in [7, 11) is 0. The zero-order valence-electron chi connectivity index (χ0n) is 9.92. The Bertz CT molecular complexity index is 785. The van der Waals surface area contributed by atoms with Crippen LogP contribution < -0.4 is 11.1 Å². The first-order chi connectivity index (χ1) is 9.26. The largest absolute Gasteiger partial charge is 0.397 e. The van der Waals surface area contributed by atoms with Crippen molar-refractivity contribution in [3.05, 3.63) is 47.5 Å². The van der Waals surface area contributed by atoms with Gasteiger partial charge in [0.25, 0.3) is 0 Å². The van der Waals surface area contributed by atoms with Gasteiger partial charge in [-0.2, -0.15) is 5.26 Å². The molecule has 0 bridgehead atoms. The first-order valence-corrected chi connectivity index (χ1v) is 6.54. The van der Waals surface area contributed by atoms with E-state index >= 15 is 0 Å². The Morgan fingerprint density at radius 2 is 2.16 bits per heavy atom. The second-order valence-corrected chi connectivity index (χ2v) is 5.02. The summed E-state index contributed by atoms with van der Waals surface area (Å²) < 4.78 is 1.23. The lowest BCUT2D eigenvalue weighted by atomic mass is 10.2. The number of nitriles is 1. The maximum absolute atomic E-state index is 9.08. The zero-order valence-corrected chi connectivity index (χ0v) is 10.7. The monoisotopic (exact) mass is 266 g/mol. The fraction of sp³-hybridized carbons (Fsp3) is 0. The van der Waals surface area contributed by atoms with Crippen LogP contribution in [0.2, 0.25) is 0 Å². The number of thiophene rings is 1. The third kappa shape index (κ3) is 2.21. The molecule has 3 rings (SSSR count). The second-order valence-electron chi connectivity index (χ2n) is 4.07. The molecule has 1 aromatic carbocycles. The molecule has 0 saturated carbocycles. The summed E-state index contributed by atoms with van der Waals surface area (Å²) in [6.07, 6.45) is 1.53. The number of benzene rings is 1. The molecule has 3 N–H and O–H groups in total. The minimum Gasteiger partial charge on any atom is -0.397 e. The SMILES string of the molecule is N#Cc1cc(N)cnc1Nc1ccc2sccc2c1. The third-order valence-corrected chi connectivity index (χ3v) is 3.64. The van der Waals surface area contributed by atoms with E-state index in [1.165, 1.54) is 16.3 Å². The third-order valence-electron chi connectivity index (χ3n) is 2.74. The van der Waals surface area contributed by atoms with Gasteiger partial charge in [-0.1, -0.05) is 0 Å². The van der Waals surface area contributed by atoms with Crippen LogP contribution in [0.4, 0.5) is 17.2 Å². The maximum atomic E-state index is 9.08. The van der Waals surface area contributed by atoms with Crippen molar-refractivity contribution in [1.29, 1.82) is 5.26 Å². The molecule has 0 radical (unpaired) electrons. The van der Waals surface area contributed by atoms with Crippen LogP contribution in [0.15, 0.2) is 41.9 Å². The smallest absolute Gasteiger partial charge is 0.148 e. The average molecular weight is 266 g/mol. The van der Waals surface area contributed by atoms with Crippen LogP contribution in [0.1, 0.15) is 5.56 Å². The molecule has 92 valence electrons.